The number of likely N-dealkylation sites (N-methyl/N-ethyl adjacent to an activating group) is 1. The van der Waals surface area contributed by atoms with Gasteiger partial charge in [0.05, 0.1) is 6.54 Å². The fourth-order valence-corrected chi connectivity index (χ4v) is 1.11. The molecular formula is C9H19N3O2. The van der Waals surface area contributed by atoms with Crippen molar-refractivity contribution in [1.29, 1.82) is 0 Å². The highest BCUT2D eigenvalue weighted by Crippen LogP contribution is 2.06. The smallest absolute Gasteiger partial charge is 0.240 e. The molecule has 0 rings (SSSR count). The van der Waals surface area contributed by atoms with Gasteiger partial charge in [-0.05, 0) is 13.0 Å². The molecule has 4 N–H and O–H groups in total. The summed E-state index contributed by atoms with van der Waals surface area (Å²) in [6.07, 6.45) is 0.799. The molecule has 0 radical (unpaired) electrons. The molecule has 2 atom stereocenters. The first-order valence-corrected chi connectivity index (χ1v) is 4.76. The summed E-state index contributed by atoms with van der Waals surface area (Å²) in [5.74, 6) is -0.631. The molecule has 0 aromatic rings. The molecule has 0 saturated heterocycles. The molecule has 0 spiro atoms. The van der Waals surface area contributed by atoms with Crippen molar-refractivity contribution in [2.75, 3.05) is 13.6 Å². The maximum atomic E-state index is 11.2. The molecule has 0 fully saturated rings. The topological polar surface area (TPSA) is 84.2 Å². The van der Waals surface area contributed by atoms with E-state index in [0.29, 0.717) is 0 Å². The molecule has 2 amide bonds. The van der Waals surface area contributed by atoms with Crippen LogP contribution in [0.5, 0.6) is 0 Å². The Kier molecular flexibility index (Phi) is 5.87. The molecular weight excluding hydrogens is 182 g/mol. The average Bonchev–Trinajstić information content (AvgIpc) is 2.13. The number of amides is 2. The van der Waals surface area contributed by atoms with Crippen LogP contribution in [0.3, 0.4) is 0 Å². The largest absolute Gasteiger partial charge is 0.368 e. The molecule has 5 nitrogen and oxygen atoms in total. The number of nitrogens with two attached hydrogens (primary N) is 1. The number of rotatable bonds is 6. The highest BCUT2D eigenvalue weighted by Gasteiger charge is 2.22. The molecule has 0 aliphatic rings. The van der Waals surface area contributed by atoms with Crippen LogP contribution in [0.25, 0.3) is 0 Å². The van der Waals surface area contributed by atoms with Gasteiger partial charge in [0.1, 0.15) is 6.04 Å². The van der Waals surface area contributed by atoms with Crippen molar-refractivity contribution in [1.82, 2.24) is 10.6 Å². The monoisotopic (exact) mass is 201 g/mol. The third-order valence-electron chi connectivity index (χ3n) is 2.17. The van der Waals surface area contributed by atoms with Crippen LogP contribution in [0, 0.1) is 5.92 Å². The normalized spacial score (nSPS) is 14.5. The Morgan fingerprint density at radius 3 is 2.36 bits per heavy atom. The molecule has 0 saturated carbocycles. The summed E-state index contributed by atoms with van der Waals surface area (Å²) < 4.78 is 0. The predicted octanol–water partition coefficient (Wildman–Crippen LogP) is -0.778. The summed E-state index contributed by atoms with van der Waals surface area (Å²) in [4.78, 5) is 22.2. The molecule has 0 heterocycles. The van der Waals surface area contributed by atoms with E-state index in [9.17, 15) is 9.59 Å². The number of carbonyl (C=O) groups is 2. The molecule has 2 unspecified atom stereocenters. The number of hydrogen-bond donors (Lipinski definition) is 3. The van der Waals surface area contributed by atoms with Crippen LogP contribution in [0.4, 0.5) is 0 Å². The first-order valence-electron chi connectivity index (χ1n) is 4.76. The molecule has 0 aromatic heterocycles. The minimum Gasteiger partial charge on any atom is -0.368 e. The molecule has 0 aromatic carbocycles. The van der Waals surface area contributed by atoms with Gasteiger partial charge in [-0.2, -0.15) is 0 Å². The number of primary amides is 1. The van der Waals surface area contributed by atoms with E-state index in [1.165, 1.54) is 0 Å². The van der Waals surface area contributed by atoms with Crippen LogP contribution in [0.1, 0.15) is 20.3 Å². The van der Waals surface area contributed by atoms with Gasteiger partial charge in [0.2, 0.25) is 11.8 Å². The number of carbonyl (C=O) groups excluding carboxylic acids is 2. The fourth-order valence-electron chi connectivity index (χ4n) is 1.11. The first-order chi connectivity index (χ1) is 6.52. The summed E-state index contributed by atoms with van der Waals surface area (Å²) in [6.45, 7) is 4.03. The van der Waals surface area contributed by atoms with E-state index in [4.69, 9.17) is 5.73 Å². The van der Waals surface area contributed by atoms with E-state index in [-0.39, 0.29) is 18.4 Å². The predicted molar refractivity (Wildman–Crippen MR) is 54.5 cm³/mol. The van der Waals surface area contributed by atoms with Crippen molar-refractivity contribution >= 4 is 11.8 Å². The van der Waals surface area contributed by atoms with E-state index in [2.05, 4.69) is 10.6 Å². The highest BCUT2D eigenvalue weighted by atomic mass is 16.2. The Balaban J connectivity index is 4.23. The third-order valence-corrected chi connectivity index (χ3v) is 2.17. The Labute approximate surface area is 84.4 Å². The molecule has 82 valence electrons. The number of hydrogen-bond acceptors (Lipinski definition) is 3. The summed E-state index contributed by atoms with van der Waals surface area (Å²) in [7, 11) is 1.67. The van der Waals surface area contributed by atoms with Gasteiger partial charge >= 0.3 is 0 Å². The maximum absolute atomic E-state index is 11.2. The molecule has 5 heteroatoms. The second kappa shape index (κ2) is 6.37. The van der Waals surface area contributed by atoms with Crippen molar-refractivity contribution in [3.05, 3.63) is 0 Å². The zero-order valence-electron chi connectivity index (χ0n) is 8.96. The quantitative estimate of drug-likeness (QED) is 0.527. The highest BCUT2D eigenvalue weighted by molar-refractivity contribution is 5.87. The molecule has 0 aliphatic heterocycles. The summed E-state index contributed by atoms with van der Waals surface area (Å²) in [5.41, 5.74) is 5.18. The van der Waals surface area contributed by atoms with Crippen LogP contribution in [-0.4, -0.2) is 31.4 Å². The van der Waals surface area contributed by atoms with Crippen molar-refractivity contribution in [2.45, 2.75) is 26.3 Å². The van der Waals surface area contributed by atoms with Gasteiger partial charge in [0.25, 0.3) is 0 Å². The van der Waals surface area contributed by atoms with Crippen molar-refractivity contribution in [2.24, 2.45) is 11.7 Å². The van der Waals surface area contributed by atoms with Gasteiger partial charge in [0, 0.05) is 0 Å². The number of nitrogens with one attached hydrogen (secondary N) is 2. The van der Waals surface area contributed by atoms with E-state index >= 15 is 0 Å². The summed E-state index contributed by atoms with van der Waals surface area (Å²) in [6, 6.07) is -0.569. The van der Waals surface area contributed by atoms with Gasteiger partial charge < -0.3 is 16.4 Å². The van der Waals surface area contributed by atoms with Crippen LogP contribution in [0.15, 0.2) is 0 Å². The SMILES string of the molecule is CCC(C)C(NC(=O)CNC)C(N)=O. The lowest BCUT2D eigenvalue weighted by atomic mass is 9.98. The lowest BCUT2D eigenvalue weighted by Gasteiger charge is -2.20. The Morgan fingerprint density at radius 2 is 2.00 bits per heavy atom. The fraction of sp³-hybridized carbons (Fsp3) is 0.778. The second-order valence-corrected chi connectivity index (χ2v) is 3.36. The molecule has 0 aliphatic carbocycles. The standard InChI is InChI=1S/C9H19N3O2/c1-4-6(2)8(9(10)14)12-7(13)5-11-3/h6,8,11H,4-5H2,1-3H3,(H2,10,14)(H,12,13). The van der Waals surface area contributed by atoms with Gasteiger partial charge in [0.15, 0.2) is 0 Å². The molecule has 0 bridgehead atoms. The Hall–Kier alpha value is -1.10. The average molecular weight is 201 g/mol. The summed E-state index contributed by atoms with van der Waals surface area (Å²) >= 11 is 0. The zero-order valence-corrected chi connectivity index (χ0v) is 8.96. The van der Waals surface area contributed by atoms with Crippen molar-refractivity contribution in [3.63, 3.8) is 0 Å². The van der Waals surface area contributed by atoms with Crippen molar-refractivity contribution in [3.8, 4) is 0 Å². The van der Waals surface area contributed by atoms with Gasteiger partial charge in [-0.15, -0.1) is 0 Å². The third kappa shape index (κ3) is 4.23. The minimum atomic E-state index is -0.569. The minimum absolute atomic E-state index is 0.0632. The summed E-state index contributed by atoms with van der Waals surface area (Å²) in [5, 5.41) is 5.30. The van der Waals surface area contributed by atoms with Crippen LogP contribution in [0.2, 0.25) is 0 Å². The maximum Gasteiger partial charge on any atom is 0.240 e. The Bertz CT molecular complexity index is 206. The van der Waals surface area contributed by atoms with Crippen molar-refractivity contribution < 1.29 is 9.59 Å². The van der Waals surface area contributed by atoms with E-state index in [0.717, 1.165) is 6.42 Å². The first kappa shape index (κ1) is 12.9. The van der Waals surface area contributed by atoms with Gasteiger partial charge in [-0.25, -0.2) is 0 Å². The van der Waals surface area contributed by atoms with Crippen LogP contribution < -0.4 is 16.4 Å². The van der Waals surface area contributed by atoms with Gasteiger partial charge in [-0.1, -0.05) is 20.3 Å². The van der Waals surface area contributed by atoms with Crippen LogP contribution in [-0.2, 0) is 9.59 Å². The van der Waals surface area contributed by atoms with Crippen LogP contribution >= 0.6 is 0 Å². The lowest BCUT2D eigenvalue weighted by molar-refractivity contribution is -0.127. The van der Waals surface area contributed by atoms with Gasteiger partial charge in [-0.3, -0.25) is 9.59 Å². The molecule has 14 heavy (non-hydrogen) atoms. The zero-order chi connectivity index (χ0) is 11.1. The second-order valence-electron chi connectivity index (χ2n) is 3.36. The van der Waals surface area contributed by atoms with E-state index in [1.54, 1.807) is 7.05 Å². The van der Waals surface area contributed by atoms with E-state index in [1.807, 2.05) is 13.8 Å². The van der Waals surface area contributed by atoms with E-state index < -0.39 is 11.9 Å². The lowest BCUT2D eigenvalue weighted by Crippen LogP contribution is -2.50. The Morgan fingerprint density at radius 1 is 1.43 bits per heavy atom.